The Labute approximate surface area is 134 Å². The molecule has 1 aliphatic heterocycles. The highest BCUT2D eigenvalue weighted by Gasteiger charge is 2.19. The van der Waals surface area contributed by atoms with Crippen molar-refractivity contribution in [3.63, 3.8) is 0 Å². The molecule has 3 aromatic heterocycles. The predicted molar refractivity (Wildman–Crippen MR) is 86.3 cm³/mol. The standard InChI is InChI=1S/C17H18N6/c1-22-8-6-19-16(22)12-23-7-4-15-14(11-23)10-20-17(21-15)13-3-2-5-18-9-13/h2-3,5-6,8-10H,4,7,11-12H2,1H3. The number of imidazole rings is 1. The van der Waals surface area contributed by atoms with Gasteiger partial charge in [-0.05, 0) is 12.1 Å². The molecule has 3 aromatic rings. The Morgan fingerprint density at radius 3 is 2.91 bits per heavy atom. The number of aromatic nitrogens is 5. The lowest BCUT2D eigenvalue weighted by Crippen LogP contribution is -2.31. The van der Waals surface area contributed by atoms with E-state index in [1.54, 1.807) is 12.4 Å². The molecular weight excluding hydrogens is 288 g/mol. The van der Waals surface area contributed by atoms with Gasteiger partial charge in [0, 0.05) is 68.7 Å². The third-order valence-corrected chi connectivity index (χ3v) is 4.22. The van der Waals surface area contributed by atoms with Crippen LogP contribution in [0.4, 0.5) is 0 Å². The second kappa shape index (κ2) is 5.89. The molecule has 0 saturated heterocycles. The van der Waals surface area contributed by atoms with Crippen molar-refractivity contribution in [1.82, 2.24) is 29.4 Å². The van der Waals surface area contributed by atoms with Gasteiger partial charge in [-0.15, -0.1) is 0 Å². The molecule has 0 aliphatic carbocycles. The van der Waals surface area contributed by atoms with Crippen LogP contribution in [0.2, 0.25) is 0 Å². The zero-order chi connectivity index (χ0) is 15.6. The van der Waals surface area contributed by atoms with Crippen molar-refractivity contribution in [1.29, 1.82) is 0 Å². The average molecular weight is 306 g/mol. The first-order valence-electron chi connectivity index (χ1n) is 7.73. The highest BCUT2D eigenvalue weighted by atomic mass is 15.2. The monoisotopic (exact) mass is 306 g/mol. The molecular formula is C17H18N6. The first-order valence-corrected chi connectivity index (χ1v) is 7.73. The van der Waals surface area contributed by atoms with Crippen LogP contribution in [0, 0.1) is 0 Å². The Balaban J connectivity index is 1.53. The van der Waals surface area contributed by atoms with Crippen LogP contribution in [-0.2, 0) is 26.6 Å². The zero-order valence-corrected chi connectivity index (χ0v) is 13.1. The number of pyridine rings is 1. The lowest BCUT2D eigenvalue weighted by Gasteiger charge is -2.27. The molecule has 0 amide bonds. The Hall–Kier alpha value is -2.60. The second-order valence-corrected chi connectivity index (χ2v) is 5.82. The largest absolute Gasteiger partial charge is 0.337 e. The third-order valence-electron chi connectivity index (χ3n) is 4.22. The molecule has 0 radical (unpaired) electrons. The Bertz CT molecular complexity index is 811. The van der Waals surface area contributed by atoms with Crippen molar-refractivity contribution in [2.24, 2.45) is 7.05 Å². The summed E-state index contributed by atoms with van der Waals surface area (Å²) >= 11 is 0. The Morgan fingerprint density at radius 1 is 1.17 bits per heavy atom. The summed E-state index contributed by atoms with van der Waals surface area (Å²) in [5.41, 5.74) is 3.32. The molecule has 0 spiro atoms. The van der Waals surface area contributed by atoms with E-state index in [2.05, 4.69) is 24.4 Å². The summed E-state index contributed by atoms with van der Waals surface area (Å²) in [6.45, 7) is 2.71. The van der Waals surface area contributed by atoms with Crippen LogP contribution in [0.25, 0.3) is 11.4 Å². The van der Waals surface area contributed by atoms with Crippen LogP contribution in [0.3, 0.4) is 0 Å². The SMILES string of the molecule is Cn1ccnc1CN1CCc2nc(-c3cccnc3)ncc2C1. The lowest BCUT2D eigenvalue weighted by atomic mass is 10.1. The predicted octanol–water partition coefficient (Wildman–Crippen LogP) is 1.83. The van der Waals surface area contributed by atoms with Gasteiger partial charge in [0.25, 0.3) is 0 Å². The first-order chi connectivity index (χ1) is 11.3. The minimum atomic E-state index is 0.759. The van der Waals surface area contributed by atoms with Gasteiger partial charge >= 0.3 is 0 Å². The molecule has 116 valence electrons. The van der Waals surface area contributed by atoms with Gasteiger partial charge in [0.05, 0.1) is 12.2 Å². The topological polar surface area (TPSA) is 59.7 Å². The molecule has 0 N–H and O–H groups in total. The summed E-state index contributed by atoms with van der Waals surface area (Å²) in [5, 5.41) is 0. The van der Waals surface area contributed by atoms with E-state index >= 15 is 0 Å². The normalized spacial score (nSPS) is 14.7. The summed E-state index contributed by atoms with van der Waals surface area (Å²) in [5.74, 6) is 1.84. The Kier molecular flexibility index (Phi) is 3.59. The van der Waals surface area contributed by atoms with E-state index in [0.29, 0.717) is 0 Å². The summed E-state index contributed by atoms with van der Waals surface area (Å²) in [6.07, 6.45) is 10.3. The number of fused-ring (bicyclic) bond motifs is 1. The second-order valence-electron chi connectivity index (χ2n) is 5.82. The first kappa shape index (κ1) is 14.0. The van der Waals surface area contributed by atoms with Gasteiger partial charge in [-0.25, -0.2) is 15.0 Å². The molecule has 23 heavy (non-hydrogen) atoms. The maximum Gasteiger partial charge on any atom is 0.160 e. The van der Waals surface area contributed by atoms with Crippen LogP contribution in [0.1, 0.15) is 17.1 Å². The van der Waals surface area contributed by atoms with Crippen molar-refractivity contribution >= 4 is 0 Å². The highest BCUT2D eigenvalue weighted by Crippen LogP contribution is 2.21. The number of rotatable bonds is 3. The lowest BCUT2D eigenvalue weighted by molar-refractivity contribution is 0.234. The number of nitrogens with zero attached hydrogens (tertiary/aromatic N) is 6. The van der Waals surface area contributed by atoms with Crippen molar-refractivity contribution in [3.05, 3.63) is 60.2 Å². The summed E-state index contributed by atoms with van der Waals surface area (Å²) in [6, 6.07) is 3.90. The van der Waals surface area contributed by atoms with Crippen LogP contribution >= 0.6 is 0 Å². The molecule has 0 aromatic carbocycles. The summed E-state index contributed by atoms with van der Waals surface area (Å²) < 4.78 is 2.07. The quantitative estimate of drug-likeness (QED) is 0.739. The van der Waals surface area contributed by atoms with E-state index in [1.165, 1.54) is 5.56 Å². The van der Waals surface area contributed by atoms with Gasteiger partial charge < -0.3 is 4.57 Å². The molecule has 0 bridgehead atoms. The van der Waals surface area contributed by atoms with Gasteiger partial charge in [-0.1, -0.05) is 0 Å². The van der Waals surface area contributed by atoms with Gasteiger partial charge in [0.2, 0.25) is 0 Å². The van der Waals surface area contributed by atoms with Crippen molar-refractivity contribution in [3.8, 4) is 11.4 Å². The molecule has 1 aliphatic rings. The van der Waals surface area contributed by atoms with Gasteiger partial charge in [0.1, 0.15) is 5.82 Å². The average Bonchev–Trinajstić information content (AvgIpc) is 3.00. The van der Waals surface area contributed by atoms with Crippen LogP contribution in [-0.4, -0.2) is 35.9 Å². The number of hydrogen-bond donors (Lipinski definition) is 0. The minimum absolute atomic E-state index is 0.759. The molecule has 6 heteroatoms. The summed E-state index contributed by atoms with van der Waals surface area (Å²) in [4.78, 5) is 20.2. The fraction of sp³-hybridized carbons (Fsp3) is 0.294. The van der Waals surface area contributed by atoms with Crippen molar-refractivity contribution in [2.75, 3.05) is 6.54 Å². The van der Waals surface area contributed by atoms with E-state index in [0.717, 1.165) is 49.0 Å². The molecule has 0 fully saturated rings. The van der Waals surface area contributed by atoms with Crippen molar-refractivity contribution < 1.29 is 0 Å². The Morgan fingerprint density at radius 2 is 2.13 bits per heavy atom. The van der Waals surface area contributed by atoms with E-state index in [-0.39, 0.29) is 0 Å². The molecule has 0 saturated carbocycles. The van der Waals surface area contributed by atoms with E-state index in [1.807, 2.05) is 37.8 Å². The maximum absolute atomic E-state index is 4.73. The highest BCUT2D eigenvalue weighted by molar-refractivity contribution is 5.53. The molecule has 4 rings (SSSR count). The molecule has 6 nitrogen and oxygen atoms in total. The van der Waals surface area contributed by atoms with Crippen molar-refractivity contribution in [2.45, 2.75) is 19.5 Å². The number of aryl methyl sites for hydroxylation is 1. The minimum Gasteiger partial charge on any atom is -0.337 e. The fourth-order valence-electron chi connectivity index (χ4n) is 2.89. The van der Waals surface area contributed by atoms with Gasteiger partial charge in [0.15, 0.2) is 5.82 Å². The molecule has 0 atom stereocenters. The fourth-order valence-corrected chi connectivity index (χ4v) is 2.89. The van der Waals surface area contributed by atoms with Crippen LogP contribution in [0.15, 0.2) is 43.1 Å². The third kappa shape index (κ3) is 2.85. The summed E-state index contributed by atoms with van der Waals surface area (Å²) in [7, 11) is 2.03. The van der Waals surface area contributed by atoms with Crippen LogP contribution < -0.4 is 0 Å². The van der Waals surface area contributed by atoms with Gasteiger partial charge in [-0.3, -0.25) is 9.88 Å². The smallest absolute Gasteiger partial charge is 0.160 e. The number of hydrogen-bond acceptors (Lipinski definition) is 5. The van der Waals surface area contributed by atoms with Crippen LogP contribution in [0.5, 0.6) is 0 Å². The van der Waals surface area contributed by atoms with Gasteiger partial charge in [-0.2, -0.15) is 0 Å². The molecule has 0 unspecified atom stereocenters. The van der Waals surface area contributed by atoms with E-state index in [4.69, 9.17) is 4.98 Å². The zero-order valence-electron chi connectivity index (χ0n) is 13.1. The maximum atomic E-state index is 4.73. The van der Waals surface area contributed by atoms with E-state index < -0.39 is 0 Å². The van der Waals surface area contributed by atoms with E-state index in [9.17, 15) is 0 Å². The molecule has 4 heterocycles.